The topological polar surface area (TPSA) is 64.8 Å². The summed E-state index contributed by atoms with van der Waals surface area (Å²) in [6.07, 6.45) is 0. The molecule has 1 rings (SSSR count). The van der Waals surface area contributed by atoms with E-state index in [4.69, 9.17) is 15.2 Å². The zero-order valence-electron chi connectivity index (χ0n) is 11.9. The fourth-order valence-corrected chi connectivity index (χ4v) is 2.19. The van der Waals surface area contributed by atoms with Crippen LogP contribution in [0.5, 0.6) is 0 Å². The van der Waals surface area contributed by atoms with Gasteiger partial charge in [0.2, 0.25) is 5.91 Å². The maximum Gasteiger partial charge on any atom is 0.232 e. The molecule has 0 saturated carbocycles. The van der Waals surface area contributed by atoms with E-state index in [9.17, 15) is 4.79 Å². The third kappa shape index (κ3) is 3.43. The Morgan fingerprint density at radius 2 is 2.28 bits per heavy atom. The number of carbonyl (C=O) groups is 1. The summed E-state index contributed by atoms with van der Waals surface area (Å²) in [5.41, 5.74) is 5.41. The number of ether oxygens (including phenoxy) is 2. The summed E-state index contributed by atoms with van der Waals surface area (Å²) in [7, 11) is 1.64. The van der Waals surface area contributed by atoms with E-state index < -0.39 is 5.41 Å². The Labute approximate surface area is 110 Å². The second-order valence-electron chi connectivity index (χ2n) is 5.68. The number of rotatable bonds is 6. The highest BCUT2D eigenvalue weighted by atomic mass is 16.5. The minimum atomic E-state index is -0.595. The molecule has 1 amide bonds. The van der Waals surface area contributed by atoms with Crippen molar-refractivity contribution < 1.29 is 14.3 Å². The molecule has 5 nitrogen and oxygen atoms in total. The van der Waals surface area contributed by atoms with Crippen molar-refractivity contribution in [3.8, 4) is 0 Å². The van der Waals surface area contributed by atoms with E-state index in [0.29, 0.717) is 32.3 Å². The van der Waals surface area contributed by atoms with Crippen LogP contribution in [0.15, 0.2) is 0 Å². The lowest BCUT2D eigenvalue weighted by molar-refractivity contribution is -0.143. The van der Waals surface area contributed by atoms with Crippen LogP contribution in [0.2, 0.25) is 0 Å². The number of hydrogen-bond donors (Lipinski definition) is 1. The van der Waals surface area contributed by atoms with Gasteiger partial charge in [-0.1, -0.05) is 13.8 Å². The highest BCUT2D eigenvalue weighted by molar-refractivity contribution is 5.83. The summed E-state index contributed by atoms with van der Waals surface area (Å²) in [6, 6.07) is -0.220. The molecule has 0 spiro atoms. The number of hydrogen-bond acceptors (Lipinski definition) is 4. The first-order valence-electron chi connectivity index (χ1n) is 6.53. The molecule has 5 heteroatoms. The smallest absolute Gasteiger partial charge is 0.232 e. The summed E-state index contributed by atoms with van der Waals surface area (Å²) in [6.45, 7) is 8.84. The van der Waals surface area contributed by atoms with Crippen molar-refractivity contribution in [2.45, 2.75) is 26.8 Å². The van der Waals surface area contributed by atoms with Gasteiger partial charge in [0.05, 0.1) is 25.2 Å². The first-order chi connectivity index (χ1) is 8.41. The summed E-state index contributed by atoms with van der Waals surface area (Å²) in [4.78, 5) is 14.5. The third-order valence-corrected chi connectivity index (χ3v) is 3.44. The predicted molar refractivity (Wildman–Crippen MR) is 70.2 cm³/mol. The quantitative estimate of drug-likeness (QED) is 0.752. The molecule has 1 heterocycles. The summed E-state index contributed by atoms with van der Waals surface area (Å²) in [5, 5.41) is 0. The van der Waals surface area contributed by atoms with Crippen molar-refractivity contribution in [1.29, 1.82) is 0 Å². The van der Waals surface area contributed by atoms with Gasteiger partial charge in [-0.05, 0) is 12.8 Å². The number of amides is 1. The van der Waals surface area contributed by atoms with Gasteiger partial charge in [0.1, 0.15) is 0 Å². The number of nitrogens with two attached hydrogens (primary N) is 1. The minimum absolute atomic E-state index is 0.0817. The predicted octanol–water partition coefficient (Wildman–Crippen LogP) is 0.481. The molecular formula is C13H26N2O3. The van der Waals surface area contributed by atoms with E-state index in [-0.39, 0.29) is 11.9 Å². The molecule has 2 unspecified atom stereocenters. The molecule has 106 valence electrons. The molecule has 1 aliphatic rings. The van der Waals surface area contributed by atoms with Gasteiger partial charge < -0.3 is 20.1 Å². The van der Waals surface area contributed by atoms with Gasteiger partial charge in [-0.2, -0.15) is 0 Å². The van der Waals surface area contributed by atoms with E-state index in [2.05, 4.69) is 13.8 Å². The zero-order chi connectivity index (χ0) is 13.8. The Bertz CT molecular complexity index is 283. The molecule has 0 aromatic heterocycles. The van der Waals surface area contributed by atoms with Crippen LogP contribution in [0, 0.1) is 11.3 Å². The van der Waals surface area contributed by atoms with Crippen molar-refractivity contribution in [2.75, 3.05) is 40.0 Å². The first-order valence-corrected chi connectivity index (χ1v) is 6.53. The van der Waals surface area contributed by atoms with Gasteiger partial charge >= 0.3 is 0 Å². The van der Waals surface area contributed by atoms with Gasteiger partial charge in [-0.15, -0.1) is 0 Å². The molecule has 0 bridgehead atoms. The van der Waals surface area contributed by atoms with E-state index >= 15 is 0 Å². The number of nitrogens with zero attached hydrogens (tertiary/aromatic N) is 1. The molecular weight excluding hydrogens is 232 g/mol. The second-order valence-corrected chi connectivity index (χ2v) is 5.68. The molecule has 0 aromatic carbocycles. The summed E-state index contributed by atoms with van der Waals surface area (Å²) < 4.78 is 10.4. The van der Waals surface area contributed by atoms with Crippen LogP contribution in [0.4, 0.5) is 0 Å². The van der Waals surface area contributed by atoms with E-state index in [1.807, 2.05) is 11.8 Å². The number of carbonyl (C=O) groups excluding carboxylic acids is 1. The van der Waals surface area contributed by atoms with Crippen molar-refractivity contribution in [3.63, 3.8) is 0 Å². The van der Waals surface area contributed by atoms with Crippen LogP contribution in [0.1, 0.15) is 20.8 Å². The molecule has 0 aliphatic carbocycles. The molecule has 1 fully saturated rings. The van der Waals surface area contributed by atoms with E-state index in [1.165, 1.54) is 0 Å². The van der Waals surface area contributed by atoms with Crippen molar-refractivity contribution in [2.24, 2.45) is 17.1 Å². The molecule has 18 heavy (non-hydrogen) atoms. The van der Waals surface area contributed by atoms with Crippen LogP contribution in [-0.2, 0) is 14.3 Å². The van der Waals surface area contributed by atoms with E-state index in [0.717, 1.165) is 6.54 Å². The van der Waals surface area contributed by atoms with Crippen molar-refractivity contribution in [1.82, 2.24) is 4.90 Å². The van der Waals surface area contributed by atoms with Gasteiger partial charge in [-0.25, -0.2) is 0 Å². The standard InChI is InChI=1S/C13H26N2O3/c1-10(2)7-15(5-6-17-4)12(16)13(3)9-18-8-11(13)14/h10-11H,5-9,14H2,1-4H3. The average Bonchev–Trinajstić information content (AvgIpc) is 2.65. The molecule has 1 aliphatic heterocycles. The summed E-state index contributed by atoms with van der Waals surface area (Å²) in [5.74, 6) is 0.506. The lowest BCUT2D eigenvalue weighted by Crippen LogP contribution is -2.52. The Hall–Kier alpha value is -0.650. The SMILES string of the molecule is COCCN(CC(C)C)C(=O)C1(C)COCC1N. The average molecular weight is 258 g/mol. The second kappa shape index (κ2) is 6.50. The Balaban J connectivity index is 2.74. The maximum absolute atomic E-state index is 12.6. The monoisotopic (exact) mass is 258 g/mol. The van der Waals surface area contributed by atoms with Crippen LogP contribution >= 0.6 is 0 Å². The fraction of sp³-hybridized carbons (Fsp3) is 0.923. The Kier molecular flexibility index (Phi) is 5.56. The molecule has 2 atom stereocenters. The highest BCUT2D eigenvalue weighted by Crippen LogP contribution is 2.29. The Morgan fingerprint density at radius 1 is 1.61 bits per heavy atom. The molecule has 2 N–H and O–H groups in total. The fourth-order valence-electron chi connectivity index (χ4n) is 2.19. The van der Waals surface area contributed by atoms with E-state index in [1.54, 1.807) is 7.11 Å². The van der Waals surface area contributed by atoms with Crippen molar-refractivity contribution in [3.05, 3.63) is 0 Å². The van der Waals surface area contributed by atoms with Crippen LogP contribution < -0.4 is 5.73 Å². The first kappa shape index (κ1) is 15.4. The van der Waals surface area contributed by atoms with Crippen LogP contribution in [0.25, 0.3) is 0 Å². The Morgan fingerprint density at radius 3 is 2.72 bits per heavy atom. The van der Waals surface area contributed by atoms with Gasteiger partial charge in [0.25, 0.3) is 0 Å². The molecule has 0 aromatic rings. The lowest BCUT2D eigenvalue weighted by atomic mass is 9.84. The lowest BCUT2D eigenvalue weighted by Gasteiger charge is -2.34. The van der Waals surface area contributed by atoms with Gasteiger partial charge in [0.15, 0.2) is 0 Å². The summed E-state index contributed by atoms with van der Waals surface area (Å²) >= 11 is 0. The molecule has 1 saturated heterocycles. The highest BCUT2D eigenvalue weighted by Gasteiger charge is 2.46. The normalized spacial score (nSPS) is 27.8. The minimum Gasteiger partial charge on any atom is -0.383 e. The zero-order valence-corrected chi connectivity index (χ0v) is 11.9. The largest absolute Gasteiger partial charge is 0.383 e. The van der Waals surface area contributed by atoms with Gasteiger partial charge in [-0.3, -0.25) is 4.79 Å². The molecule has 0 radical (unpaired) electrons. The van der Waals surface area contributed by atoms with Gasteiger partial charge in [0, 0.05) is 26.2 Å². The third-order valence-electron chi connectivity index (χ3n) is 3.44. The van der Waals surface area contributed by atoms with Crippen LogP contribution in [0.3, 0.4) is 0 Å². The maximum atomic E-state index is 12.6. The number of methoxy groups -OCH3 is 1. The van der Waals surface area contributed by atoms with Crippen LogP contribution in [-0.4, -0.2) is 56.9 Å². The van der Waals surface area contributed by atoms with Crippen molar-refractivity contribution >= 4 is 5.91 Å².